The van der Waals surface area contributed by atoms with Crippen LogP contribution in [0.5, 0.6) is 0 Å². The molecule has 0 bridgehead atoms. The second kappa shape index (κ2) is 28.0. The van der Waals surface area contributed by atoms with E-state index in [-0.39, 0.29) is 18.9 Å². The summed E-state index contributed by atoms with van der Waals surface area (Å²) >= 11 is 0. The van der Waals surface area contributed by atoms with E-state index in [1.54, 1.807) is 0 Å². The van der Waals surface area contributed by atoms with E-state index in [1.807, 2.05) is 21.1 Å². The van der Waals surface area contributed by atoms with Gasteiger partial charge in [0.05, 0.1) is 39.9 Å². The van der Waals surface area contributed by atoms with Crippen LogP contribution in [0.15, 0.2) is 24.3 Å². The molecule has 45 heavy (non-hydrogen) atoms. The highest BCUT2D eigenvalue weighted by atomic mass is 31.2. The number of unbranched alkanes of at least 4 members (excludes halogenated alkanes) is 13. The minimum Gasteiger partial charge on any atom is -0.390 e. The van der Waals surface area contributed by atoms with Gasteiger partial charge in [0.1, 0.15) is 19.3 Å². The zero-order valence-electron chi connectivity index (χ0n) is 29.5. The number of quaternary nitrogens is 1. The van der Waals surface area contributed by atoms with Crippen molar-refractivity contribution in [2.24, 2.45) is 0 Å². The van der Waals surface area contributed by atoms with Crippen LogP contribution >= 0.6 is 7.82 Å². The standard InChI is InChI=1S/C35H69N2O7P/c1-6-8-10-12-14-16-17-18-20-21-23-25-27-33(38)35(40)32(31-44-45(41,42)43-30-29-37(3,4)5)36-34(39)28-26-24-22-19-15-13-11-9-7-2/h14,16,20-21,32-33,35,38,40H,6-13,15,17-19,22-31H2,1-5H3,(H-,36,39,41,42)/p+1/b16-14+,21-20+. The highest BCUT2D eigenvalue weighted by Gasteiger charge is 2.31. The molecule has 0 aromatic rings. The number of nitrogens with zero attached hydrogens (tertiary/aromatic N) is 1. The maximum Gasteiger partial charge on any atom is 0.472 e. The minimum atomic E-state index is -4.41. The van der Waals surface area contributed by atoms with Gasteiger partial charge in [-0.25, -0.2) is 4.57 Å². The molecule has 0 aromatic carbocycles. The Morgan fingerprint density at radius 3 is 1.84 bits per heavy atom. The molecule has 0 aliphatic rings. The van der Waals surface area contributed by atoms with Gasteiger partial charge in [-0.05, 0) is 51.4 Å². The number of allylic oxidation sites excluding steroid dienone is 4. The number of phosphoric acid groups is 1. The predicted octanol–water partition coefficient (Wildman–Crippen LogP) is 7.60. The van der Waals surface area contributed by atoms with Crippen molar-refractivity contribution >= 4 is 13.7 Å². The number of likely N-dealkylation sites (N-methyl/N-ethyl adjacent to an activating group) is 1. The van der Waals surface area contributed by atoms with Crippen LogP contribution in [0.25, 0.3) is 0 Å². The normalized spacial score (nSPS) is 15.8. The van der Waals surface area contributed by atoms with Crippen molar-refractivity contribution in [3.63, 3.8) is 0 Å². The first-order chi connectivity index (χ1) is 21.4. The van der Waals surface area contributed by atoms with Gasteiger partial charge in [0.2, 0.25) is 5.91 Å². The van der Waals surface area contributed by atoms with E-state index in [0.29, 0.717) is 23.9 Å². The molecule has 0 fully saturated rings. The topological polar surface area (TPSA) is 125 Å². The number of nitrogens with one attached hydrogen (secondary N) is 1. The fourth-order valence-corrected chi connectivity index (χ4v) is 5.54. The molecule has 4 atom stereocenters. The molecule has 266 valence electrons. The van der Waals surface area contributed by atoms with Gasteiger partial charge in [-0.2, -0.15) is 0 Å². The third kappa shape index (κ3) is 28.9. The van der Waals surface area contributed by atoms with Gasteiger partial charge in [0, 0.05) is 6.42 Å². The molecular formula is C35H70N2O7P+. The van der Waals surface area contributed by atoms with Crippen LogP contribution in [0.3, 0.4) is 0 Å². The fourth-order valence-electron chi connectivity index (χ4n) is 4.80. The summed E-state index contributed by atoms with van der Waals surface area (Å²) in [5.41, 5.74) is 0. The molecule has 0 spiro atoms. The Kier molecular flexibility index (Phi) is 27.3. The lowest BCUT2D eigenvalue weighted by molar-refractivity contribution is -0.870. The largest absolute Gasteiger partial charge is 0.472 e. The fraction of sp³-hybridized carbons (Fsp3) is 0.857. The molecule has 0 heterocycles. The Hall–Kier alpha value is -1.06. The molecular weight excluding hydrogens is 591 g/mol. The van der Waals surface area contributed by atoms with Crippen molar-refractivity contribution < 1.29 is 38.0 Å². The van der Waals surface area contributed by atoms with E-state index in [4.69, 9.17) is 9.05 Å². The van der Waals surface area contributed by atoms with Gasteiger partial charge in [-0.1, -0.05) is 102 Å². The lowest BCUT2D eigenvalue weighted by Crippen LogP contribution is -2.51. The monoisotopic (exact) mass is 661 g/mol. The number of hydrogen-bond acceptors (Lipinski definition) is 6. The van der Waals surface area contributed by atoms with Gasteiger partial charge >= 0.3 is 7.82 Å². The number of carbonyl (C=O) groups is 1. The van der Waals surface area contributed by atoms with Crippen molar-refractivity contribution in [1.29, 1.82) is 0 Å². The van der Waals surface area contributed by atoms with Gasteiger partial charge < -0.3 is 24.9 Å². The van der Waals surface area contributed by atoms with E-state index in [0.717, 1.165) is 51.4 Å². The molecule has 0 radical (unpaired) electrons. The summed E-state index contributed by atoms with van der Waals surface area (Å²) in [4.78, 5) is 22.9. The smallest absolute Gasteiger partial charge is 0.390 e. The second-order valence-electron chi connectivity index (χ2n) is 13.4. The Labute approximate surface area is 276 Å². The third-order valence-corrected chi connectivity index (χ3v) is 8.76. The molecule has 0 aliphatic heterocycles. The van der Waals surface area contributed by atoms with Crippen LogP contribution < -0.4 is 5.32 Å². The van der Waals surface area contributed by atoms with Crippen LogP contribution in [0.4, 0.5) is 0 Å². The first kappa shape index (κ1) is 43.9. The third-order valence-electron chi connectivity index (χ3n) is 7.77. The van der Waals surface area contributed by atoms with Gasteiger partial charge in [-0.15, -0.1) is 0 Å². The minimum absolute atomic E-state index is 0.0147. The van der Waals surface area contributed by atoms with Gasteiger partial charge in [-0.3, -0.25) is 13.8 Å². The van der Waals surface area contributed by atoms with Gasteiger partial charge in [0.25, 0.3) is 0 Å². The number of aliphatic hydroxyl groups excluding tert-OH is 2. The van der Waals surface area contributed by atoms with E-state index < -0.39 is 32.7 Å². The number of aliphatic hydroxyl groups is 2. The average molecular weight is 662 g/mol. The van der Waals surface area contributed by atoms with Crippen molar-refractivity contribution in [1.82, 2.24) is 5.32 Å². The quantitative estimate of drug-likeness (QED) is 0.0261. The van der Waals surface area contributed by atoms with E-state index in [9.17, 15) is 24.5 Å². The Morgan fingerprint density at radius 1 is 0.756 bits per heavy atom. The summed E-state index contributed by atoms with van der Waals surface area (Å²) in [6, 6.07) is -1.05. The molecule has 0 aliphatic carbocycles. The molecule has 9 nitrogen and oxygen atoms in total. The number of rotatable bonds is 31. The highest BCUT2D eigenvalue weighted by molar-refractivity contribution is 7.47. The molecule has 4 N–H and O–H groups in total. The number of phosphoric ester groups is 1. The number of amides is 1. The average Bonchev–Trinajstić information content (AvgIpc) is 2.97. The van der Waals surface area contributed by atoms with Crippen LogP contribution in [-0.4, -0.2) is 84.6 Å². The molecule has 10 heteroatoms. The second-order valence-corrected chi connectivity index (χ2v) is 14.8. The molecule has 0 saturated heterocycles. The summed E-state index contributed by atoms with van der Waals surface area (Å²) in [6.45, 7) is 4.48. The summed E-state index contributed by atoms with van der Waals surface area (Å²) in [7, 11) is 1.40. The molecule has 1 amide bonds. The van der Waals surface area contributed by atoms with Gasteiger partial charge in [0.15, 0.2) is 0 Å². The first-order valence-corrected chi connectivity index (χ1v) is 19.3. The summed E-state index contributed by atoms with van der Waals surface area (Å²) in [5, 5.41) is 24.4. The maximum absolute atomic E-state index is 12.7. The first-order valence-electron chi connectivity index (χ1n) is 17.8. The Morgan fingerprint density at radius 2 is 1.27 bits per heavy atom. The zero-order valence-corrected chi connectivity index (χ0v) is 30.4. The predicted molar refractivity (Wildman–Crippen MR) is 186 cm³/mol. The Bertz CT molecular complexity index is 816. The van der Waals surface area contributed by atoms with Crippen LogP contribution in [-0.2, 0) is 18.4 Å². The summed E-state index contributed by atoms with van der Waals surface area (Å²) < 4.78 is 23.3. The highest BCUT2D eigenvalue weighted by Crippen LogP contribution is 2.43. The van der Waals surface area contributed by atoms with Crippen molar-refractivity contribution in [2.75, 3.05) is 40.9 Å². The lowest BCUT2D eigenvalue weighted by atomic mass is 10.0. The molecule has 0 saturated carbocycles. The van der Waals surface area contributed by atoms with Crippen LogP contribution in [0, 0.1) is 0 Å². The van der Waals surface area contributed by atoms with Crippen molar-refractivity contribution in [3.8, 4) is 0 Å². The van der Waals surface area contributed by atoms with E-state index >= 15 is 0 Å². The van der Waals surface area contributed by atoms with Crippen molar-refractivity contribution in [3.05, 3.63) is 24.3 Å². The van der Waals surface area contributed by atoms with E-state index in [1.165, 1.54) is 51.4 Å². The number of carbonyl (C=O) groups excluding carboxylic acids is 1. The lowest BCUT2D eigenvalue weighted by Gasteiger charge is -2.28. The van der Waals surface area contributed by atoms with Crippen molar-refractivity contribution in [2.45, 2.75) is 154 Å². The maximum atomic E-state index is 12.7. The number of hydrogen-bond donors (Lipinski definition) is 4. The molecule has 4 unspecified atom stereocenters. The van der Waals surface area contributed by atoms with Crippen LogP contribution in [0.1, 0.15) is 136 Å². The molecule has 0 aromatic heterocycles. The summed E-state index contributed by atoms with van der Waals surface area (Å²) in [5.74, 6) is -0.279. The summed E-state index contributed by atoms with van der Waals surface area (Å²) in [6.07, 6.45) is 25.4. The van der Waals surface area contributed by atoms with Crippen LogP contribution in [0.2, 0.25) is 0 Å². The zero-order chi connectivity index (χ0) is 33.8. The Balaban J connectivity index is 4.76. The van der Waals surface area contributed by atoms with E-state index in [2.05, 4.69) is 43.5 Å². The SMILES string of the molecule is CCCCC/C=C/CC/C=C/CCCC(O)C(O)C(COP(=O)(O)OCC[N+](C)(C)C)NC(=O)CCCCCCCCCCC. The molecule has 0 rings (SSSR count).